The average Bonchev–Trinajstić information content (AvgIpc) is 2.78. The predicted octanol–water partition coefficient (Wildman–Crippen LogP) is 6.51. The summed E-state index contributed by atoms with van der Waals surface area (Å²) in [7, 11) is 0. The second-order valence-corrected chi connectivity index (χ2v) is 7.28. The third-order valence-electron chi connectivity index (χ3n) is 5.16. The first kappa shape index (κ1) is 19.1. The summed E-state index contributed by atoms with van der Waals surface area (Å²) in [5.41, 5.74) is 3.84. The minimum absolute atomic E-state index is 0.731. The minimum Gasteiger partial charge on any atom is -0.494 e. The fourth-order valence-corrected chi connectivity index (χ4v) is 3.66. The van der Waals surface area contributed by atoms with Gasteiger partial charge in [0.1, 0.15) is 5.75 Å². The van der Waals surface area contributed by atoms with Crippen LogP contribution in [0.25, 0.3) is 10.8 Å². The molecule has 0 spiro atoms. The molecule has 146 valence electrons. The lowest BCUT2D eigenvalue weighted by atomic mass is 10.0. The van der Waals surface area contributed by atoms with E-state index in [1.807, 2.05) is 12.1 Å². The zero-order valence-electron chi connectivity index (χ0n) is 16.7. The van der Waals surface area contributed by atoms with Crippen molar-refractivity contribution in [3.8, 4) is 5.75 Å². The highest BCUT2D eigenvalue weighted by atomic mass is 16.5. The lowest BCUT2D eigenvalue weighted by Crippen LogP contribution is -2.05. The number of rotatable bonds is 9. The van der Waals surface area contributed by atoms with Crippen LogP contribution < -0.4 is 10.1 Å². The maximum absolute atomic E-state index is 5.95. The van der Waals surface area contributed by atoms with Gasteiger partial charge in [0, 0.05) is 18.3 Å². The third kappa shape index (κ3) is 5.39. The topological polar surface area (TPSA) is 21.3 Å². The van der Waals surface area contributed by atoms with Gasteiger partial charge < -0.3 is 10.1 Å². The molecule has 0 bridgehead atoms. The Bertz CT molecular complexity index is 1040. The molecule has 0 saturated carbocycles. The van der Waals surface area contributed by atoms with E-state index in [1.165, 1.54) is 21.9 Å². The Morgan fingerprint density at radius 1 is 0.690 bits per heavy atom. The summed E-state index contributed by atoms with van der Waals surface area (Å²) >= 11 is 0. The van der Waals surface area contributed by atoms with Gasteiger partial charge in [0.2, 0.25) is 0 Å². The van der Waals surface area contributed by atoms with Gasteiger partial charge in [0.25, 0.3) is 0 Å². The highest BCUT2D eigenvalue weighted by molar-refractivity contribution is 5.85. The summed E-state index contributed by atoms with van der Waals surface area (Å²) in [4.78, 5) is 0. The van der Waals surface area contributed by atoms with E-state index in [2.05, 4.69) is 90.2 Å². The fourth-order valence-electron chi connectivity index (χ4n) is 3.66. The van der Waals surface area contributed by atoms with Gasteiger partial charge in [-0.15, -0.1) is 0 Å². The maximum Gasteiger partial charge on any atom is 0.121 e. The molecule has 2 nitrogen and oxygen atoms in total. The lowest BCUT2D eigenvalue weighted by Gasteiger charge is -2.11. The number of benzene rings is 4. The lowest BCUT2D eigenvalue weighted by molar-refractivity contribution is 0.311. The number of nitrogens with one attached hydrogen (secondary N) is 1. The Balaban J connectivity index is 1.26. The number of anilines is 1. The molecule has 2 heteroatoms. The van der Waals surface area contributed by atoms with Crippen molar-refractivity contribution < 1.29 is 4.74 Å². The van der Waals surface area contributed by atoms with Crippen molar-refractivity contribution in [1.29, 1.82) is 0 Å². The van der Waals surface area contributed by atoms with E-state index in [0.717, 1.165) is 43.9 Å². The molecule has 4 aromatic carbocycles. The molecule has 0 aliphatic carbocycles. The van der Waals surface area contributed by atoms with E-state index in [0.29, 0.717) is 0 Å². The van der Waals surface area contributed by atoms with E-state index in [9.17, 15) is 0 Å². The smallest absolute Gasteiger partial charge is 0.121 e. The molecule has 0 radical (unpaired) electrons. The van der Waals surface area contributed by atoms with Gasteiger partial charge in [-0.1, -0.05) is 78.9 Å². The van der Waals surface area contributed by atoms with Crippen LogP contribution in [0.2, 0.25) is 0 Å². The highest BCUT2D eigenvalue weighted by Gasteiger charge is 2.01. The zero-order valence-corrected chi connectivity index (χ0v) is 16.7. The Kier molecular flexibility index (Phi) is 6.44. The van der Waals surface area contributed by atoms with Crippen molar-refractivity contribution in [3.63, 3.8) is 0 Å². The van der Waals surface area contributed by atoms with Crippen LogP contribution in [-0.4, -0.2) is 13.2 Å². The molecule has 0 aromatic heterocycles. The molecule has 29 heavy (non-hydrogen) atoms. The summed E-state index contributed by atoms with van der Waals surface area (Å²) in [5.74, 6) is 0.924. The molecular formula is C27H27NO. The molecule has 0 aliphatic rings. The Morgan fingerprint density at radius 3 is 2.41 bits per heavy atom. The van der Waals surface area contributed by atoms with E-state index >= 15 is 0 Å². The van der Waals surface area contributed by atoms with Gasteiger partial charge in [-0.2, -0.15) is 0 Å². The van der Waals surface area contributed by atoms with Crippen LogP contribution in [0, 0.1) is 0 Å². The summed E-state index contributed by atoms with van der Waals surface area (Å²) < 4.78 is 5.95. The highest BCUT2D eigenvalue weighted by Crippen LogP contribution is 2.20. The molecule has 4 aromatic rings. The van der Waals surface area contributed by atoms with E-state index in [1.54, 1.807) is 0 Å². The molecule has 0 saturated heterocycles. The second kappa shape index (κ2) is 9.79. The Labute approximate surface area is 173 Å². The van der Waals surface area contributed by atoms with Crippen molar-refractivity contribution in [3.05, 3.63) is 108 Å². The third-order valence-corrected chi connectivity index (χ3v) is 5.16. The first-order valence-electron chi connectivity index (χ1n) is 10.4. The monoisotopic (exact) mass is 381 g/mol. The van der Waals surface area contributed by atoms with E-state index < -0.39 is 0 Å². The molecule has 0 fully saturated rings. The molecular weight excluding hydrogens is 354 g/mol. The number of fused-ring (bicyclic) bond motifs is 1. The largest absolute Gasteiger partial charge is 0.494 e. The van der Waals surface area contributed by atoms with Gasteiger partial charge in [-0.25, -0.2) is 0 Å². The fraction of sp³-hybridized carbons (Fsp3) is 0.185. The van der Waals surface area contributed by atoms with Crippen LogP contribution >= 0.6 is 0 Å². The van der Waals surface area contributed by atoms with Crippen molar-refractivity contribution >= 4 is 16.5 Å². The van der Waals surface area contributed by atoms with Crippen LogP contribution in [0.4, 0.5) is 5.69 Å². The van der Waals surface area contributed by atoms with Crippen molar-refractivity contribution in [2.24, 2.45) is 0 Å². The molecule has 4 rings (SSSR count). The molecule has 0 unspecified atom stereocenters. The molecule has 0 heterocycles. The average molecular weight is 382 g/mol. The Hall–Kier alpha value is -3.26. The molecule has 0 atom stereocenters. The van der Waals surface area contributed by atoms with Crippen molar-refractivity contribution in [1.82, 2.24) is 0 Å². The predicted molar refractivity (Wildman–Crippen MR) is 123 cm³/mol. The van der Waals surface area contributed by atoms with Crippen molar-refractivity contribution in [2.45, 2.75) is 19.3 Å². The van der Waals surface area contributed by atoms with Gasteiger partial charge in [0.05, 0.1) is 6.61 Å². The standard InChI is InChI=1S/C27H27NO/c1-2-9-22(10-3-1)11-8-20-29-26-16-7-15-25(21-26)28-19-18-24-14-6-13-23-12-4-5-17-27(23)24/h1-7,9-10,12-17,21,28H,8,11,18-20H2. The Morgan fingerprint density at radius 2 is 1.48 bits per heavy atom. The van der Waals surface area contributed by atoms with Gasteiger partial charge in [-0.05, 0) is 53.3 Å². The van der Waals surface area contributed by atoms with Gasteiger partial charge >= 0.3 is 0 Å². The number of ether oxygens (including phenoxy) is 1. The number of aryl methyl sites for hydroxylation is 1. The maximum atomic E-state index is 5.95. The van der Waals surface area contributed by atoms with Crippen LogP contribution in [0.15, 0.2) is 97.1 Å². The quantitative estimate of drug-likeness (QED) is 0.334. The molecule has 0 amide bonds. The van der Waals surface area contributed by atoms with Gasteiger partial charge in [0.15, 0.2) is 0 Å². The van der Waals surface area contributed by atoms with Crippen molar-refractivity contribution in [2.75, 3.05) is 18.5 Å². The van der Waals surface area contributed by atoms with Crippen LogP contribution in [-0.2, 0) is 12.8 Å². The SMILES string of the molecule is c1ccc(CCCOc2cccc(NCCc3cccc4ccccc34)c2)cc1. The number of hydrogen-bond acceptors (Lipinski definition) is 2. The first-order valence-corrected chi connectivity index (χ1v) is 10.4. The number of hydrogen-bond donors (Lipinski definition) is 1. The normalized spacial score (nSPS) is 10.8. The van der Waals surface area contributed by atoms with Crippen LogP contribution in [0.1, 0.15) is 17.5 Å². The summed E-state index contributed by atoms with van der Waals surface area (Å²) in [6, 6.07) is 33.9. The minimum atomic E-state index is 0.731. The summed E-state index contributed by atoms with van der Waals surface area (Å²) in [6.07, 6.45) is 3.05. The summed E-state index contributed by atoms with van der Waals surface area (Å²) in [5, 5.41) is 6.18. The van der Waals surface area contributed by atoms with E-state index in [-0.39, 0.29) is 0 Å². The first-order chi connectivity index (χ1) is 14.4. The summed E-state index contributed by atoms with van der Waals surface area (Å²) in [6.45, 7) is 1.62. The molecule has 1 N–H and O–H groups in total. The molecule has 0 aliphatic heterocycles. The van der Waals surface area contributed by atoms with Crippen LogP contribution in [0.3, 0.4) is 0 Å². The zero-order chi connectivity index (χ0) is 19.7. The van der Waals surface area contributed by atoms with E-state index in [4.69, 9.17) is 4.74 Å². The van der Waals surface area contributed by atoms with Crippen LogP contribution in [0.5, 0.6) is 5.75 Å². The van der Waals surface area contributed by atoms with Gasteiger partial charge in [-0.3, -0.25) is 0 Å². The second-order valence-electron chi connectivity index (χ2n) is 7.28.